The van der Waals surface area contributed by atoms with Gasteiger partial charge in [-0.05, 0) is 38.3 Å². The first kappa shape index (κ1) is 20.0. The lowest BCUT2D eigenvalue weighted by atomic mass is 10.0. The summed E-state index contributed by atoms with van der Waals surface area (Å²) in [5.74, 6) is -0.0562. The first-order valence-electron chi connectivity index (χ1n) is 9.31. The van der Waals surface area contributed by atoms with Crippen LogP contribution < -0.4 is 20.9 Å². The maximum atomic E-state index is 12.5. The standard InChI is InChI=1S/C19H30N4O3/c1-3-20-19(25)22-15-9-12-23(13-10-15)17-8-5-4-7-16(17)18(24)21-11-6-14-26-2/h4-5,7-8,15H,3,6,9-14H2,1-2H3,(H,21,24)(H2,20,22,25). The third-order valence-corrected chi connectivity index (χ3v) is 4.47. The number of amides is 3. The highest BCUT2D eigenvalue weighted by molar-refractivity contribution is 5.99. The number of ether oxygens (including phenoxy) is 1. The summed E-state index contributed by atoms with van der Waals surface area (Å²) in [4.78, 5) is 26.4. The van der Waals surface area contributed by atoms with Gasteiger partial charge in [-0.25, -0.2) is 4.79 Å². The van der Waals surface area contributed by atoms with Crippen LogP contribution in [0.5, 0.6) is 0 Å². The van der Waals surface area contributed by atoms with Gasteiger partial charge in [0.2, 0.25) is 0 Å². The van der Waals surface area contributed by atoms with Crippen LogP contribution in [0.4, 0.5) is 10.5 Å². The Labute approximate surface area is 155 Å². The van der Waals surface area contributed by atoms with E-state index in [0.717, 1.165) is 38.0 Å². The molecular weight excluding hydrogens is 332 g/mol. The van der Waals surface area contributed by atoms with E-state index >= 15 is 0 Å². The first-order chi connectivity index (χ1) is 12.7. The number of anilines is 1. The summed E-state index contributed by atoms with van der Waals surface area (Å²) in [6.45, 7) is 5.38. The highest BCUT2D eigenvalue weighted by Crippen LogP contribution is 2.24. The van der Waals surface area contributed by atoms with Gasteiger partial charge >= 0.3 is 6.03 Å². The number of urea groups is 1. The largest absolute Gasteiger partial charge is 0.385 e. The molecule has 0 spiro atoms. The summed E-state index contributed by atoms with van der Waals surface area (Å²) in [5, 5.41) is 8.72. The van der Waals surface area contributed by atoms with Crippen LogP contribution in [0.2, 0.25) is 0 Å². The summed E-state index contributed by atoms with van der Waals surface area (Å²) in [7, 11) is 1.65. The van der Waals surface area contributed by atoms with Crippen molar-refractivity contribution in [3.63, 3.8) is 0 Å². The summed E-state index contributed by atoms with van der Waals surface area (Å²) in [6, 6.07) is 7.75. The molecule has 1 heterocycles. The third-order valence-electron chi connectivity index (χ3n) is 4.47. The second kappa shape index (κ2) is 10.7. The average Bonchev–Trinajstić information content (AvgIpc) is 2.66. The topological polar surface area (TPSA) is 82.7 Å². The normalized spacial score (nSPS) is 14.8. The number of piperidine rings is 1. The van der Waals surface area contributed by atoms with Gasteiger partial charge in [0.1, 0.15) is 0 Å². The average molecular weight is 362 g/mol. The van der Waals surface area contributed by atoms with E-state index in [9.17, 15) is 9.59 Å². The number of hydrogen-bond acceptors (Lipinski definition) is 4. The van der Waals surface area contributed by atoms with Crippen molar-refractivity contribution >= 4 is 17.6 Å². The maximum Gasteiger partial charge on any atom is 0.314 e. The van der Waals surface area contributed by atoms with Gasteiger partial charge in [-0.3, -0.25) is 4.79 Å². The summed E-state index contributed by atoms with van der Waals surface area (Å²) in [5.41, 5.74) is 1.65. The van der Waals surface area contributed by atoms with Crippen LogP contribution >= 0.6 is 0 Å². The molecule has 0 radical (unpaired) electrons. The summed E-state index contributed by atoms with van der Waals surface area (Å²) < 4.78 is 5.01. The Morgan fingerprint density at radius 1 is 1.19 bits per heavy atom. The van der Waals surface area contributed by atoms with Crippen molar-refractivity contribution < 1.29 is 14.3 Å². The molecule has 7 nitrogen and oxygen atoms in total. The SMILES string of the molecule is CCNC(=O)NC1CCN(c2ccccc2C(=O)NCCCOC)CC1. The van der Waals surface area contributed by atoms with Crippen molar-refractivity contribution in [1.82, 2.24) is 16.0 Å². The van der Waals surface area contributed by atoms with E-state index in [1.807, 2.05) is 31.2 Å². The zero-order valence-corrected chi connectivity index (χ0v) is 15.7. The Balaban J connectivity index is 1.91. The molecule has 3 N–H and O–H groups in total. The minimum absolute atomic E-state index is 0.0562. The number of benzene rings is 1. The Hall–Kier alpha value is -2.28. The van der Waals surface area contributed by atoms with E-state index in [0.29, 0.717) is 25.3 Å². The fourth-order valence-corrected chi connectivity index (χ4v) is 3.12. The van der Waals surface area contributed by atoms with Crippen LogP contribution in [-0.4, -0.2) is 57.9 Å². The number of carbonyl (C=O) groups is 2. The molecule has 1 saturated heterocycles. The van der Waals surface area contributed by atoms with E-state index in [1.165, 1.54) is 0 Å². The number of methoxy groups -OCH3 is 1. The minimum Gasteiger partial charge on any atom is -0.385 e. The molecule has 0 aliphatic carbocycles. The molecule has 0 atom stereocenters. The molecule has 144 valence electrons. The number of rotatable bonds is 8. The first-order valence-corrected chi connectivity index (χ1v) is 9.31. The lowest BCUT2D eigenvalue weighted by Gasteiger charge is -2.34. The minimum atomic E-state index is -0.109. The summed E-state index contributed by atoms with van der Waals surface area (Å²) >= 11 is 0. The van der Waals surface area contributed by atoms with Gasteiger partial charge in [0.15, 0.2) is 0 Å². The Morgan fingerprint density at radius 2 is 1.92 bits per heavy atom. The molecule has 0 saturated carbocycles. The highest BCUT2D eigenvalue weighted by Gasteiger charge is 2.23. The molecule has 26 heavy (non-hydrogen) atoms. The molecule has 7 heteroatoms. The number of para-hydroxylation sites is 1. The number of carbonyl (C=O) groups excluding carboxylic acids is 2. The van der Waals surface area contributed by atoms with Crippen molar-refractivity contribution in [2.45, 2.75) is 32.2 Å². The van der Waals surface area contributed by atoms with E-state index in [-0.39, 0.29) is 18.0 Å². The quantitative estimate of drug-likeness (QED) is 0.615. The van der Waals surface area contributed by atoms with Gasteiger partial charge < -0.3 is 25.6 Å². The molecule has 1 aliphatic heterocycles. The zero-order valence-electron chi connectivity index (χ0n) is 15.7. The maximum absolute atomic E-state index is 12.5. The number of hydrogen-bond donors (Lipinski definition) is 3. The van der Waals surface area contributed by atoms with Gasteiger partial charge in [-0.1, -0.05) is 12.1 Å². The Bertz CT molecular complexity index is 586. The van der Waals surface area contributed by atoms with Gasteiger partial charge in [-0.15, -0.1) is 0 Å². The van der Waals surface area contributed by atoms with Crippen LogP contribution in [0.1, 0.15) is 36.5 Å². The lowest BCUT2D eigenvalue weighted by Crippen LogP contribution is -2.48. The third kappa shape index (κ3) is 5.91. The highest BCUT2D eigenvalue weighted by atomic mass is 16.5. The molecule has 3 amide bonds. The molecule has 1 aliphatic rings. The number of nitrogens with one attached hydrogen (secondary N) is 3. The van der Waals surface area contributed by atoms with Crippen LogP contribution in [-0.2, 0) is 4.74 Å². The molecular formula is C19H30N4O3. The Morgan fingerprint density at radius 3 is 2.62 bits per heavy atom. The second-order valence-corrected chi connectivity index (χ2v) is 6.38. The fraction of sp³-hybridized carbons (Fsp3) is 0.579. The predicted octanol–water partition coefficient (Wildman–Crippen LogP) is 1.74. The monoisotopic (exact) mass is 362 g/mol. The zero-order chi connectivity index (χ0) is 18.8. The van der Waals surface area contributed by atoms with Crippen molar-refractivity contribution in [2.24, 2.45) is 0 Å². The molecule has 2 rings (SSSR count). The van der Waals surface area contributed by atoms with Crippen LogP contribution in [0.25, 0.3) is 0 Å². The molecule has 0 aromatic heterocycles. The van der Waals surface area contributed by atoms with Crippen molar-refractivity contribution in [3.8, 4) is 0 Å². The molecule has 1 fully saturated rings. The fourth-order valence-electron chi connectivity index (χ4n) is 3.12. The van der Waals surface area contributed by atoms with Crippen LogP contribution in [0.3, 0.4) is 0 Å². The predicted molar refractivity (Wildman–Crippen MR) is 103 cm³/mol. The van der Waals surface area contributed by atoms with Gasteiger partial charge in [0.25, 0.3) is 5.91 Å². The van der Waals surface area contributed by atoms with Crippen molar-refractivity contribution in [3.05, 3.63) is 29.8 Å². The van der Waals surface area contributed by atoms with E-state index in [4.69, 9.17) is 4.74 Å². The molecule has 1 aromatic carbocycles. The van der Waals surface area contributed by atoms with Crippen LogP contribution in [0, 0.1) is 0 Å². The molecule has 0 unspecified atom stereocenters. The smallest absolute Gasteiger partial charge is 0.314 e. The van der Waals surface area contributed by atoms with Gasteiger partial charge in [-0.2, -0.15) is 0 Å². The van der Waals surface area contributed by atoms with Gasteiger partial charge in [0, 0.05) is 51.6 Å². The van der Waals surface area contributed by atoms with Crippen LogP contribution in [0.15, 0.2) is 24.3 Å². The van der Waals surface area contributed by atoms with Crippen molar-refractivity contribution in [2.75, 3.05) is 44.8 Å². The Kier molecular flexibility index (Phi) is 8.21. The van der Waals surface area contributed by atoms with Gasteiger partial charge in [0.05, 0.1) is 5.56 Å². The lowest BCUT2D eigenvalue weighted by molar-refractivity contribution is 0.0949. The van der Waals surface area contributed by atoms with E-state index in [1.54, 1.807) is 7.11 Å². The van der Waals surface area contributed by atoms with E-state index in [2.05, 4.69) is 20.9 Å². The van der Waals surface area contributed by atoms with E-state index < -0.39 is 0 Å². The van der Waals surface area contributed by atoms with Crippen molar-refractivity contribution in [1.29, 1.82) is 0 Å². The molecule has 1 aromatic rings. The summed E-state index contributed by atoms with van der Waals surface area (Å²) in [6.07, 6.45) is 2.52. The second-order valence-electron chi connectivity index (χ2n) is 6.38. The molecule has 0 bridgehead atoms. The number of nitrogens with zero attached hydrogens (tertiary/aromatic N) is 1.